The van der Waals surface area contributed by atoms with E-state index in [2.05, 4.69) is 37.5 Å². The molecule has 0 heterocycles. The molecule has 0 saturated carbocycles. The van der Waals surface area contributed by atoms with E-state index < -0.39 is 0 Å². The zero-order chi connectivity index (χ0) is 10.2. The van der Waals surface area contributed by atoms with E-state index in [1.807, 2.05) is 18.2 Å². The molecule has 0 saturated heterocycles. The number of allylic oxidation sites excluding steroid dienone is 1. The second-order valence-electron chi connectivity index (χ2n) is 3.60. The van der Waals surface area contributed by atoms with E-state index in [0.717, 1.165) is 5.69 Å². The molecule has 14 heavy (non-hydrogen) atoms. The third-order valence-corrected chi connectivity index (χ3v) is 2.18. The van der Waals surface area contributed by atoms with Gasteiger partial charge in [0, 0.05) is 5.69 Å². The molecule has 1 aromatic carbocycles. The van der Waals surface area contributed by atoms with Crippen LogP contribution in [0.25, 0.3) is 0 Å². The molecular formula is C13H19N. The van der Waals surface area contributed by atoms with Gasteiger partial charge in [0.15, 0.2) is 0 Å². The van der Waals surface area contributed by atoms with Gasteiger partial charge in [0.25, 0.3) is 0 Å². The molecule has 1 nitrogen and oxygen atoms in total. The van der Waals surface area contributed by atoms with E-state index in [-0.39, 0.29) is 0 Å². The van der Waals surface area contributed by atoms with E-state index >= 15 is 0 Å². The van der Waals surface area contributed by atoms with Crippen molar-refractivity contribution in [2.75, 3.05) is 5.32 Å². The van der Waals surface area contributed by atoms with E-state index in [9.17, 15) is 0 Å². The molecule has 0 bridgehead atoms. The number of hydrogen-bond acceptors (Lipinski definition) is 1. The van der Waals surface area contributed by atoms with E-state index in [0.29, 0.717) is 0 Å². The van der Waals surface area contributed by atoms with Gasteiger partial charge in [-0.2, -0.15) is 0 Å². The Hall–Kier alpha value is -1.24. The van der Waals surface area contributed by atoms with Gasteiger partial charge in [0.05, 0.1) is 0 Å². The SMILES string of the molecule is CCCC/C(C)=C/Nc1ccccc1. The van der Waals surface area contributed by atoms with Gasteiger partial charge in [0.1, 0.15) is 0 Å². The largest absolute Gasteiger partial charge is 0.362 e. The van der Waals surface area contributed by atoms with Crippen LogP contribution in [0.5, 0.6) is 0 Å². The third kappa shape index (κ3) is 4.13. The minimum Gasteiger partial charge on any atom is -0.362 e. The second-order valence-corrected chi connectivity index (χ2v) is 3.60. The number of nitrogens with one attached hydrogen (secondary N) is 1. The van der Waals surface area contributed by atoms with Crippen LogP contribution < -0.4 is 5.32 Å². The molecule has 1 heteroatoms. The first-order valence-electron chi connectivity index (χ1n) is 5.30. The first-order valence-corrected chi connectivity index (χ1v) is 5.30. The highest BCUT2D eigenvalue weighted by atomic mass is 14.8. The predicted octanol–water partition coefficient (Wildman–Crippen LogP) is 4.19. The lowest BCUT2D eigenvalue weighted by atomic mass is 10.1. The van der Waals surface area contributed by atoms with Crippen molar-refractivity contribution < 1.29 is 0 Å². The Bertz CT molecular complexity index is 275. The topological polar surface area (TPSA) is 12.0 Å². The summed E-state index contributed by atoms with van der Waals surface area (Å²) in [5.41, 5.74) is 2.57. The molecule has 0 aliphatic heterocycles. The molecule has 0 amide bonds. The van der Waals surface area contributed by atoms with Crippen LogP contribution in [0.1, 0.15) is 33.1 Å². The van der Waals surface area contributed by atoms with Crippen LogP contribution >= 0.6 is 0 Å². The van der Waals surface area contributed by atoms with Gasteiger partial charge in [-0.3, -0.25) is 0 Å². The molecule has 0 atom stereocenters. The molecule has 0 aliphatic carbocycles. The Labute approximate surface area is 86.8 Å². The lowest BCUT2D eigenvalue weighted by molar-refractivity contribution is 0.786. The fraction of sp³-hybridized carbons (Fsp3) is 0.385. The maximum atomic E-state index is 3.29. The van der Waals surface area contributed by atoms with Crippen molar-refractivity contribution in [1.82, 2.24) is 0 Å². The maximum Gasteiger partial charge on any atom is 0.0379 e. The summed E-state index contributed by atoms with van der Waals surface area (Å²) in [6, 6.07) is 10.3. The zero-order valence-corrected chi connectivity index (χ0v) is 9.09. The number of benzene rings is 1. The molecule has 0 unspecified atom stereocenters. The highest BCUT2D eigenvalue weighted by Crippen LogP contribution is 2.09. The van der Waals surface area contributed by atoms with Crippen LogP contribution in [0.3, 0.4) is 0 Å². The molecule has 1 rings (SSSR count). The van der Waals surface area contributed by atoms with Crippen LogP contribution in [-0.2, 0) is 0 Å². The minimum absolute atomic E-state index is 1.16. The van der Waals surface area contributed by atoms with Gasteiger partial charge < -0.3 is 5.32 Å². The number of hydrogen-bond donors (Lipinski definition) is 1. The average molecular weight is 189 g/mol. The summed E-state index contributed by atoms with van der Waals surface area (Å²) >= 11 is 0. The van der Waals surface area contributed by atoms with Crippen LogP contribution in [0.2, 0.25) is 0 Å². The summed E-state index contributed by atoms with van der Waals surface area (Å²) in [7, 11) is 0. The molecule has 1 aromatic rings. The maximum absolute atomic E-state index is 3.29. The van der Waals surface area contributed by atoms with Crippen molar-refractivity contribution in [1.29, 1.82) is 0 Å². The van der Waals surface area contributed by atoms with E-state index in [1.165, 1.54) is 24.8 Å². The van der Waals surface area contributed by atoms with Gasteiger partial charge in [0.2, 0.25) is 0 Å². The highest BCUT2D eigenvalue weighted by Gasteiger charge is 1.89. The molecule has 0 radical (unpaired) electrons. The minimum atomic E-state index is 1.16. The molecule has 0 fully saturated rings. The summed E-state index contributed by atoms with van der Waals surface area (Å²) in [4.78, 5) is 0. The van der Waals surface area contributed by atoms with Gasteiger partial charge in [-0.05, 0) is 38.1 Å². The monoisotopic (exact) mass is 189 g/mol. The van der Waals surface area contributed by atoms with Crippen LogP contribution in [-0.4, -0.2) is 0 Å². The average Bonchev–Trinajstić information content (AvgIpc) is 2.25. The normalized spacial score (nSPS) is 11.4. The standard InChI is InChI=1S/C13H19N/c1-3-4-8-12(2)11-14-13-9-6-5-7-10-13/h5-7,9-11,14H,3-4,8H2,1-2H3/b12-11+. The van der Waals surface area contributed by atoms with Crippen molar-refractivity contribution in [3.63, 3.8) is 0 Å². The number of unbranched alkanes of at least 4 members (excludes halogenated alkanes) is 1. The van der Waals surface area contributed by atoms with E-state index in [1.54, 1.807) is 0 Å². The van der Waals surface area contributed by atoms with Gasteiger partial charge in [-0.1, -0.05) is 37.1 Å². The third-order valence-electron chi connectivity index (χ3n) is 2.18. The Balaban J connectivity index is 2.39. The summed E-state index contributed by atoms with van der Waals surface area (Å²) in [5, 5.41) is 3.29. The summed E-state index contributed by atoms with van der Waals surface area (Å²) in [6.07, 6.45) is 5.83. The molecular weight excluding hydrogens is 170 g/mol. The number of rotatable bonds is 5. The Morgan fingerprint density at radius 1 is 1.29 bits per heavy atom. The molecule has 0 aromatic heterocycles. The van der Waals surface area contributed by atoms with Crippen LogP contribution in [0.4, 0.5) is 5.69 Å². The first kappa shape index (κ1) is 10.8. The first-order chi connectivity index (χ1) is 6.83. The van der Waals surface area contributed by atoms with Crippen molar-refractivity contribution in [3.8, 4) is 0 Å². The summed E-state index contributed by atoms with van der Waals surface area (Å²) in [6.45, 7) is 4.39. The smallest absolute Gasteiger partial charge is 0.0379 e. The predicted molar refractivity (Wildman–Crippen MR) is 63.3 cm³/mol. The van der Waals surface area contributed by atoms with Crippen molar-refractivity contribution in [2.45, 2.75) is 33.1 Å². The number of anilines is 1. The Kier molecular flexibility index (Phi) is 4.84. The molecule has 1 N–H and O–H groups in total. The molecule has 0 aliphatic rings. The number of para-hydroxylation sites is 1. The lowest BCUT2D eigenvalue weighted by Crippen LogP contribution is -1.89. The molecule has 0 spiro atoms. The van der Waals surface area contributed by atoms with Crippen molar-refractivity contribution in [3.05, 3.63) is 42.1 Å². The summed E-state index contributed by atoms with van der Waals surface area (Å²) in [5.74, 6) is 0. The highest BCUT2D eigenvalue weighted by molar-refractivity contribution is 5.45. The van der Waals surface area contributed by atoms with Crippen molar-refractivity contribution in [2.24, 2.45) is 0 Å². The van der Waals surface area contributed by atoms with Crippen molar-refractivity contribution >= 4 is 5.69 Å². The van der Waals surface area contributed by atoms with E-state index in [4.69, 9.17) is 0 Å². The van der Waals surface area contributed by atoms with Gasteiger partial charge in [-0.15, -0.1) is 0 Å². The van der Waals surface area contributed by atoms with Gasteiger partial charge >= 0.3 is 0 Å². The fourth-order valence-electron chi connectivity index (χ4n) is 1.27. The second kappa shape index (κ2) is 6.25. The van der Waals surface area contributed by atoms with Crippen LogP contribution in [0.15, 0.2) is 42.1 Å². The van der Waals surface area contributed by atoms with Crippen LogP contribution in [0, 0.1) is 0 Å². The fourth-order valence-corrected chi connectivity index (χ4v) is 1.27. The Morgan fingerprint density at radius 2 is 2.00 bits per heavy atom. The Morgan fingerprint density at radius 3 is 2.64 bits per heavy atom. The zero-order valence-electron chi connectivity index (χ0n) is 9.09. The van der Waals surface area contributed by atoms with Gasteiger partial charge in [-0.25, -0.2) is 0 Å². The lowest BCUT2D eigenvalue weighted by Gasteiger charge is -2.02. The summed E-state index contributed by atoms with van der Waals surface area (Å²) < 4.78 is 0. The molecule has 76 valence electrons. The quantitative estimate of drug-likeness (QED) is 0.732.